The monoisotopic (exact) mass is 416 g/mol. The van der Waals surface area contributed by atoms with Gasteiger partial charge in [-0.3, -0.25) is 0 Å². The Labute approximate surface area is 172 Å². The third kappa shape index (κ3) is 5.03. The average molecular weight is 417 g/mol. The summed E-state index contributed by atoms with van der Waals surface area (Å²) < 4.78 is 38.8. The predicted molar refractivity (Wildman–Crippen MR) is 113 cm³/mol. The van der Waals surface area contributed by atoms with Crippen molar-refractivity contribution in [2.75, 3.05) is 37.7 Å². The Morgan fingerprint density at radius 3 is 2.28 bits per heavy atom. The lowest BCUT2D eigenvalue weighted by Crippen LogP contribution is -2.26. The fraction of sp³-hybridized carbons (Fsp3) is 0.455. The number of fused-ring (bicyclic) bond motifs is 1. The second-order valence-corrected chi connectivity index (χ2v) is 9.29. The van der Waals surface area contributed by atoms with Crippen LogP contribution < -0.4 is 19.1 Å². The van der Waals surface area contributed by atoms with Crippen LogP contribution in [0.4, 0.5) is 5.69 Å². The zero-order chi connectivity index (χ0) is 20.1. The van der Waals surface area contributed by atoms with Gasteiger partial charge in [0.25, 0.3) is 0 Å². The van der Waals surface area contributed by atoms with Gasteiger partial charge in [0.15, 0.2) is 11.5 Å². The van der Waals surface area contributed by atoms with Crippen molar-refractivity contribution in [3.63, 3.8) is 0 Å². The first-order chi connectivity index (χ1) is 14.1. The first-order valence-electron chi connectivity index (χ1n) is 10.3. The van der Waals surface area contributed by atoms with Crippen molar-refractivity contribution in [3.8, 4) is 11.5 Å². The van der Waals surface area contributed by atoms with Crippen LogP contribution in [0.15, 0.2) is 47.4 Å². The van der Waals surface area contributed by atoms with E-state index in [0.29, 0.717) is 37.7 Å². The van der Waals surface area contributed by atoms with Crippen molar-refractivity contribution in [3.05, 3.63) is 48.0 Å². The van der Waals surface area contributed by atoms with Crippen molar-refractivity contribution < 1.29 is 17.9 Å². The van der Waals surface area contributed by atoms with Gasteiger partial charge in [0, 0.05) is 31.4 Å². The molecule has 1 saturated heterocycles. The number of nitrogens with zero attached hydrogens (tertiary/aromatic N) is 1. The van der Waals surface area contributed by atoms with Crippen LogP contribution in [0.2, 0.25) is 0 Å². The van der Waals surface area contributed by atoms with Gasteiger partial charge in [0.1, 0.15) is 13.2 Å². The Kier molecular flexibility index (Phi) is 6.25. The number of rotatable bonds is 6. The number of sulfonamides is 1. The second kappa shape index (κ2) is 9.05. The smallest absolute Gasteiger partial charge is 0.240 e. The van der Waals surface area contributed by atoms with Crippen molar-refractivity contribution in [2.24, 2.45) is 0 Å². The summed E-state index contributed by atoms with van der Waals surface area (Å²) in [6, 6.07) is 13.2. The van der Waals surface area contributed by atoms with Gasteiger partial charge >= 0.3 is 0 Å². The molecule has 2 aromatic rings. The molecule has 0 atom stereocenters. The van der Waals surface area contributed by atoms with E-state index < -0.39 is 10.0 Å². The molecule has 29 heavy (non-hydrogen) atoms. The molecular formula is C22H28N2O4S. The second-order valence-electron chi connectivity index (χ2n) is 7.52. The molecule has 7 heteroatoms. The zero-order valence-electron chi connectivity index (χ0n) is 16.6. The van der Waals surface area contributed by atoms with Gasteiger partial charge in [-0.25, -0.2) is 13.1 Å². The maximum absolute atomic E-state index is 12.6. The Morgan fingerprint density at radius 1 is 0.862 bits per heavy atom. The molecule has 156 valence electrons. The fourth-order valence-electron chi connectivity index (χ4n) is 3.81. The van der Waals surface area contributed by atoms with Crippen molar-refractivity contribution >= 4 is 15.7 Å². The highest BCUT2D eigenvalue weighted by Gasteiger charge is 2.19. The largest absolute Gasteiger partial charge is 0.486 e. The van der Waals surface area contributed by atoms with E-state index >= 15 is 0 Å². The van der Waals surface area contributed by atoms with E-state index in [9.17, 15) is 8.42 Å². The van der Waals surface area contributed by atoms with E-state index in [-0.39, 0.29) is 4.90 Å². The molecule has 0 radical (unpaired) electrons. The lowest BCUT2D eigenvalue weighted by atomic mass is 10.1. The molecule has 4 rings (SSSR count). The fourth-order valence-corrected chi connectivity index (χ4v) is 4.85. The minimum atomic E-state index is -3.59. The van der Waals surface area contributed by atoms with Crippen LogP contribution in [0.1, 0.15) is 31.2 Å². The highest BCUT2D eigenvalue weighted by atomic mass is 32.2. The predicted octanol–water partition coefficient (Wildman–Crippen LogP) is 3.36. The third-order valence-electron chi connectivity index (χ3n) is 5.44. The van der Waals surface area contributed by atoms with Crippen molar-refractivity contribution in [2.45, 2.75) is 37.0 Å². The van der Waals surface area contributed by atoms with Gasteiger partial charge in [-0.1, -0.05) is 25.0 Å². The van der Waals surface area contributed by atoms with E-state index in [1.165, 1.54) is 37.4 Å². The summed E-state index contributed by atoms with van der Waals surface area (Å²) >= 11 is 0. The minimum Gasteiger partial charge on any atom is -0.486 e. The van der Waals surface area contributed by atoms with Gasteiger partial charge in [0.2, 0.25) is 10.0 Å². The number of hydrogen-bond donors (Lipinski definition) is 1. The van der Waals surface area contributed by atoms with E-state index in [2.05, 4.69) is 33.9 Å². The first-order valence-corrected chi connectivity index (χ1v) is 11.8. The Hall–Kier alpha value is -2.25. The number of ether oxygens (including phenoxy) is 2. The van der Waals surface area contributed by atoms with Crippen LogP contribution >= 0.6 is 0 Å². The molecule has 0 aliphatic carbocycles. The lowest BCUT2D eigenvalue weighted by molar-refractivity contribution is 0.171. The molecule has 0 saturated carbocycles. The molecule has 2 aromatic carbocycles. The highest BCUT2D eigenvalue weighted by Crippen LogP contribution is 2.32. The molecule has 0 spiro atoms. The third-order valence-corrected chi connectivity index (χ3v) is 6.90. The number of benzene rings is 2. The first kappa shape index (κ1) is 20.0. The molecular weight excluding hydrogens is 388 g/mol. The molecule has 0 unspecified atom stereocenters. The van der Waals surface area contributed by atoms with E-state index in [0.717, 1.165) is 18.7 Å². The number of hydrogen-bond acceptors (Lipinski definition) is 5. The normalized spacial score (nSPS) is 17.0. The summed E-state index contributed by atoms with van der Waals surface area (Å²) in [5.74, 6) is 1.06. The molecule has 1 N–H and O–H groups in total. The minimum absolute atomic E-state index is 0.193. The summed E-state index contributed by atoms with van der Waals surface area (Å²) in [6.07, 6.45) is 5.78. The summed E-state index contributed by atoms with van der Waals surface area (Å²) in [6.45, 7) is 3.49. The summed E-state index contributed by atoms with van der Waals surface area (Å²) in [5.41, 5.74) is 2.38. The molecule has 1 fully saturated rings. The number of nitrogens with one attached hydrogen (secondary N) is 1. The molecule has 0 bridgehead atoms. The average Bonchev–Trinajstić information content (AvgIpc) is 3.03. The van der Waals surface area contributed by atoms with Crippen LogP contribution in [0.25, 0.3) is 0 Å². The summed E-state index contributed by atoms with van der Waals surface area (Å²) in [4.78, 5) is 2.64. The molecule has 0 aromatic heterocycles. The van der Waals surface area contributed by atoms with Crippen LogP contribution in [-0.2, 0) is 16.4 Å². The van der Waals surface area contributed by atoms with Crippen molar-refractivity contribution in [1.29, 1.82) is 0 Å². The maximum Gasteiger partial charge on any atom is 0.240 e. The molecule has 2 heterocycles. The van der Waals surface area contributed by atoms with E-state index in [1.54, 1.807) is 12.1 Å². The maximum atomic E-state index is 12.6. The molecule has 2 aliphatic heterocycles. The SMILES string of the molecule is O=S(=O)(NCCc1ccc(N2CCCCCC2)cc1)c1ccc2c(c1)OCCO2. The van der Waals surface area contributed by atoms with Gasteiger partial charge in [-0.2, -0.15) is 0 Å². The summed E-state index contributed by atoms with van der Waals surface area (Å²) in [7, 11) is -3.59. The zero-order valence-corrected chi connectivity index (χ0v) is 17.4. The number of anilines is 1. The van der Waals surface area contributed by atoms with Gasteiger partial charge < -0.3 is 14.4 Å². The van der Waals surface area contributed by atoms with Gasteiger partial charge in [-0.15, -0.1) is 0 Å². The standard InChI is InChI=1S/C22H28N2O4S/c25-29(26,20-9-10-21-22(17-20)28-16-15-27-21)23-12-11-18-5-7-19(8-6-18)24-13-3-1-2-4-14-24/h5-10,17,23H,1-4,11-16H2. The van der Waals surface area contributed by atoms with Crippen molar-refractivity contribution in [1.82, 2.24) is 4.72 Å². The quantitative estimate of drug-likeness (QED) is 0.782. The van der Waals surface area contributed by atoms with Crippen LogP contribution in [0.5, 0.6) is 11.5 Å². The molecule has 0 amide bonds. The van der Waals surface area contributed by atoms with Gasteiger partial charge in [-0.05, 0) is 49.1 Å². The van der Waals surface area contributed by atoms with Crippen LogP contribution in [-0.4, -0.2) is 41.3 Å². The van der Waals surface area contributed by atoms with E-state index in [1.807, 2.05) is 0 Å². The van der Waals surface area contributed by atoms with Crippen LogP contribution in [0.3, 0.4) is 0 Å². The van der Waals surface area contributed by atoms with Gasteiger partial charge in [0.05, 0.1) is 4.90 Å². The Morgan fingerprint density at radius 2 is 1.55 bits per heavy atom. The summed E-state index contributed by atoms with van der Waals surface area (Å²) in [5, 5.41) is 0. The van der Waals surface area contributed by atoms with E-state index in [4.69, 9.17) is 9.47 Å². The molecule has 6 nitrogen and oxygen atoms in total. The van der Waals surface area contributed by atoms with Crippen LogP contribution in [0, 0.1) is 0 Å². The highest BCUT2D eigenvalue weighted by molar-refractivity contribution is 7.89. The lowest BCUT2D eigenvalue weighted by Gasteiger charge is -2.22. The Balaban J connectivity index is 1.33. The topological polar surface area (TPSA) is 67.9 Å². The molecule has 2 aliphatic rings. The Bertz CT molecular complexity index is 920.